The summed E-state index contributed by atoms with van der Waals surface area (Å²) in [6.45, 7) is 0. The first kappa shape index (κ1) is 24.6. The van der Waals surface area contributed by atoms with Crippen molar-refractivity contribution in [3.05, 3.63) is 99.9 Å². The molecule has 0 amide bonds. The molecular weight excluding hydrogens is 492 g/mol. The summed E-state index contributed by atoms with van der Waals surface area (Å²) < 4.78 is 31.1. The molecule has 0 aromatic heterocycles. The number of nitro benzene ring substituents is 2. The average Bonchev–Trinajstić information content (AvgIpc) is 2.78. The van der Waals surface area contributed by atoms with Crippen molar-refractivity contribution in [3.8, 4) is 5.75 Å². The first-order valence-corrected chi connectivity index (χ1v) is 10.5. The molecule has 0 atom stereocenters. The van der Waals surface area contributed by atoms with Gasteiger partial charge >= 0.3 is 5.69 Å². The van der Waals surface area contributed by atoms with Crippen molar-refractivity contribution < 1.29 is 27.9 Å². The lowest BCUT2D eigenvalue weighted by atomic mass is 10.2. The van der Waals surface area contributed by atoms with Gasteiger partial charge in [0.25, 0.3) is 15.8 Å². The van der Waals surface area contributed by atoms with Gasteiger partial charge in [0, 0.05) is 6.07 Å². The summed E-state index contributed by atoms with van der Waals surface area (Å²) in [7, 11) is -4.41. The number of nitro groups is 2. The molecule has 0 aliphatic carbocycles. The van der Waals surface area contributed by atoms with Crippen molar-refractivity contribution >= 4 is 32.9 Å². The van der Waals surface area contributed by atoms with Gasteiger partial charge in [0.2, 0.25) is 16.6 Å². The second-order valence-corrected chi connectivity index (χ2v) is 8.00. The molecule has 0 fully saturated rings. The SMILES string of the molecule is O=c1ccc(=NNc2ccc(S(=O)(=O)O)cc2)c(=O)c1=NNc1cc([N+](=O)[O-])cc([N+](=O)[O-])c1O. The number of non-ortho nitro benzene ring substituents is 1. The van der Waals surface area contributed by atoms with Crippen LogP contribution in [-0.2, 0) is 10.1 Å². The average molecular weight is 504 g/mol. The van der Waals surface area contributed by atoms with E-state index < -0.39 is 59.0 Å². The molecule has 3 aromatic rings. The lowest BCUT2D eigenvalue weighted by Gasteiger charge is -2.04. The number of hydrogen-bond acceptors (Lipinski definition) is 13. The molecule has 0 unspecified atom stereocenters. The predicted molar refractivity (Wildman–Crippen MR) is 117 cm³/mol. The van der Waals surface area contributed by atoms with Gasteiger partial charge in [-0.25, -0.2) is 0 Å². The monoisotopic (exact) mass is 504 g/mol. The molecule has 0 bridgehead atoms. The largest absolute Gasteiger partial charge is 0.501 e. The van der Waals surface area contributed by atoms with Gasteiger partial charge in [-0.1, -0.05) is 0 Å². The summed E-state index contributed by atoms with van der Waals surface area (Å²) in [5.74, 6) is -1.01. The standard InChI is InChI=1S/C18H12N6O10S/c25-15-6-5-12(20-19-9-1-3-11(4-2-9)35(32,33)34)18(27)16(15)22-21-13-7-10(23(28)29)8-14(17(13)26)24(30)31/h1-8,19,21,26H,(H,32,33,34). The summed E-state index contributed by atoms with van der Waals surface area (Å²) >= 11 is 0. The van der Waals surface area contributed by atoms with Crippen LogP contribution in [0.5, 0.6) is 5.75 Å². The second-order valence-electron chi connectivity index (χ2n) is 6.58. The van der Waals surface area contributed by atoms with Gasteiger partial charge in [0.1, 0.15) is 11.0 Å². The molecule has 35 heavy (non-hydrogen) atoms. The number of phenolic OH excluding ortho intramolecular Hbond substituents is 1. The molecule has 0 heterocycles. The summed E-state index contributed by atoms with van der Waals surface area (Å²) in [5.41, 5.74) is 0.437. The van der Waals surface area contributed by atoms with E-state index in [0.717, 1.165) is 24.3 Å². The van der Waals surface area contributed by atoms with E-state index in [1.807, 2.05) is 5.43 Å². The topological polar surface area (TPSA) is 244 Å². The Morgan fingerprint density at radius 1 is 0.886 bits per heavy atom. The van der Waals surface area contributed by atoms with Gasteiger partial charge < -0.3 is 5.11 Å². The highest BCUT2D eigenvalue weighted by Gasteiger charge is 2.24. The fraction of sp³-hybridized carbons (Fsp3) is 0. The van der Waals surface area contributed by atoms with Crippen LogP contribution >= 0.6 is 0 Å². The highest BCUT2D eigenvalue weighted by Crippen LogP contribution is 2.37. The van der Waals surface area contributed by atoms with E-state index in [0.29, 0.717) is 12.1 Å². The lowest BCUT2D eigenvalue weighted by Crippen LogP contribution is -2.47. The Kier molecular flexibility index (Phi) is 6.65. The highest BCUT2D eigenvalue weighted by atomic mass is 32.2. The van der Waals surface area contributed by atoms with E-state index in [1.165, 1.54) is 12.1 Å². The second kappa shape index (κ2) is 9.45. The quantitative estimate of drug-likeness (QED) is 0.143. The lowest BCUT2D eigenvalue weighted by molar-refractivity contribution is -0.394. The summed E-state index contributed by atoms with van der Waals surface area (Å²) in [6, 6.07) is 7.84. The fourth-order valence-corrected chi connectivity index (χ4v) is 3.09. The third kappa shape index (κ3) is 5.49. The molecule has 0 spiro atoms. The zero-order chi connectivity index (χ0) is 25.9. The van der Waals surface area contributed by atoms with E-state index in [1.54, 1.807) is 0 Å². The van der Waals surface area contributed by atoms with Crippen LogP contribution in [0.1, 0.15) is 0 Å². The van der Waals surface area contributed by atoms with Gasteiger partial charge in [-0.05, 0) is 36.4 Å². The molecule has 0 saturated heterocycles. The van der Waals surface area contributed by atoms with Gasteiger partial charge in [0.05, 0.1) is 26.5 Å². The van der Waals surface area contributed by atoms with E-state index in [2.05, 4.69) is 15.6 Å². The Morgan fingerprint density at radius 3 is 2.11 bits per heavy atom. The summed E-state index contributed by atoms with van der Waals surface area (Å²) in [5, 5.41) is 38.3. The third-order valence-corrected chi connectivity index (χ3v) is 5.17. The maximum Gasteiger partial charge on any atom is 0.319 e. The molecule has 180 valence electrons. The number of aromatic hydroxyl groups is 1. The van der Waals surface area contributed by atoms with Crippen molar-refractivity contribution in [2.45, 2.75) is 4.90 Å². The van der Waals surface area contributed by atoms with E-state index >= 15 is 0 Å². The number of anilines is 2. The number of nitrogens with one attached hydrogen (secondary N) is 2. The Labute approximate surface area is 192 Å². The number of benzene rings is 3. The smallest absolute Gasteiger partial charge is 0.319 e. The van der Waals surface area contributed by atoms with Gasteiger partial charge in [-0.3, -0.25) is 45.2 Å². The van der Waals surface area contributed by atoms with Crippen LogP contribution < -0.4 is 32.4 Å². The zero-order valence-electron chi connectivity index (χ0n) is 17.0. The maximum atomic E-state index is 12.6. The summed E-state index contributed by atoms with van der Waals surface area (Å²) in [4.78, 5) is 44.3. The Hall–Kier alpha value is -5.03. The number of phenols is 1. The van der Waals surface area contributed by atoms with Crippen LogP contribution in [0.25, 0.3) is 0 Å². The van der Waals surface area contributed by atoms with E-state index in [4.69, 9.17) is 4.55 Å². The molecule has 0 saturated carbocycles. The Bertz CT molecular complexity index is 1680. The molecular formula is C18H12N6O10S. The van der Waals surface area contributed by atoms with Crippen LogP contribution in [0.2, 0.25) is 0 Å². The minimum Gasteiger partial charge on any atom is -0.501 e. The van der Waals surface area contributed by atoms with Crippen molar-refractivity contribution in [2.75, 3.05) is 10.9 Å². The molecule has 3 rings (SSSR count). The van der Waals surface area contributed by atoms with Gasteiger partial charge in [-0.2, -0.15) is 18.6 Å². The van der Waals surface area contributed by atoms with E-state index in [9.17, 15) is 43.3 Å². The number of hydrogen-bond donors (Lipinski definition) is 4. The minimum atomic E-state index is -4.41. The minimum absolute atomic E-state index is 0.216. The van der Waals surface area contributed by atoms with Crippen molar-refractivity contribution in [2.24, 2.45) is 10.2 Å². The van der Waals surface area contributed by atoms with Crippen molar-refractivity contribution in [1.82, 2.24) is 0 Å². The van der Waals surface area contributed by atoms with Crippen LogP contribution in [0.15, 0.2) is 73.2 Å². The van der Waals surface area contributed by atoms with Crippen molar-refractivity contribution in [1.29, 1.82) is 0 Å². The van der Waals surface area contributed by atoms with Crippen LogP contribution in [0.4, 0.5) is 22.7 Å². The number of rotatable bonds is 7. The number of nitrogens with zero attached hydrogens (tertiary/aromatic N) is 4. The van der Waals surface area contributed by atoms with Crippen molar-refractivity contribution in [3.63, 3.8) is 0 Å². The first-order chi connectivity index (χ1) is 16.4. The Morgan fingerprint density at radius 2 is 1.54 bits per heavy atom. The molecule has 3 aromatic carbocycles. The highest BCUT2D eigenvalue weighted by molar-refractivity contribution is 7.85. The molecule has 17 heteroatoms. The van der Waals surface area contributed by atoms with Gasteiger partial charge in [-0.15, -0.1) is 0 Å². The molecule has 4 N–H and O–H groups in total. The van der Waals surface area contributed by atoms with Gasteiger partial charge in [0.15, 0.2) is 5.36 Å². The maximum absolute atomic E-state index is 12.6. The normalized spacial score (nSPS) is 12.4. The van der Waals surface area contributed by atoms with Crippen LogP contribution in [0, 0.1) is 20.2 Å². The predicted octanol–water partition coefficient (Wildman–Crippen LogP) is -0.0931. The molecule has 16 nitrogen and oxygen atoms in total. The molecule has 0 aliphatic heterocycles. The molecule has 0 radical (unpaired) electrons. The Balaban J connectivity index is 2.00. The third-order valence-electron chi connectivity index (χ3n) is 4.30. The molecule has 0 aliphatic rings. The van der Waals surface area contributed by atoms with Crippen LogP contribution in [-0.4, -0.2) is 27.9 Å². The summed E-state index contributed by atoms with van der Waals surface area (Å²) in [6.07, 6.45) is 0. The zero-order valence-corrected chi connectivity index (χ0v) is 17.8. The fourth-order valence-electron chi connectivity index (χ4n) is 2.61. The van der Waals surface area contributed by atoms with Crippen LogP contribution in [0.3, 0.4) is 0 Å². The first-order valence-electron chi connectivity index (χ1n) is 9.06. The van der Waals surface area contributed by atoms with E-state index in [-0.39, 0.29) is 15.9 Å².